The number of hydrogen-bond acceptors (Lipinski definition) is 2. The summed E-state index contributed by atoms with van der Waals surface area (Å²) in [5.41, 5.74) is 3.56. The van der Waals surface area contributed by atoms with Crippen molar-refractivity contribution in [3.8, 4) is 0 Å². The van der Waals surface area contributed by atoms with Crippen LogP contribution in [-0.4, -0.2) is 35.8 Å². The lowest BCUT2D eigenvalue weighted by Gasteiger charge is -2.13. The Hall–Kier alpha value is -2.01. The van der Waals surface area contributed by atoms with Crippen LogP contribution in [0.15, 0.2) is 24.4 Å². The van der Waals surface area contributed by atoms with E-state index in [2.05, 4.69) is 34.7 Å². The molecule has 22 heavy (non-hydrogen) atoms. The van der Waals surface area contributed by atoms with Crippen LogP contribution in [0, 0.1) is 12.3 Å². The molecule has 0 radical (unpaired) electrons. The molecule has 118 valence electrons. The number of fused-ring (bicyclic) bond motifs is 1. The van der Waals surface area contributed by atoms with Crippen LogP contribution in [0.3, 0.4) is 0 Å². The molecule has 1 heterocycles. The van der Waals surface area contributed by atoms with Crippen molar-refractivity contribution in [1.82, 2.24) is 15.6 Å². The highest BCUT2D eigenvalue weighted by molar-refractivity contribution is 5.86. The van der Waals surface area contributed by atoms with Crippen LogP contribution in [-0.2, 0) is 6.42 Å². The number of aromatic nitrogens is 1. The van der Waals surface area contributed by atoms with Gasteiger partial charge in [-0.15, -0.1) is 0 Å². The van der Waals surface area contributed by atoms with E-state index in [-0.39, 0.29) is 18.1 Å². The Balaban J connectivity index is 1.49. The zero-order valence-corrected chi connectivity index (χ0v) is 12.9. The fraction of sp³-hybridized carbons (Fsp3) is 0.471. The van der Waals surface area contributed by atoms with Crippen molar-refractivity contribution in [3.05, 3.63) is 35.5 Å². The quantitative estimate of drug-likeness (QED) is 0.659. The molecule has 1 aliphatic carbocycles. The van der Waals surface area contributed by atoms with Crippen molar-refractivity contribution >= 4 is 16.9 Å². The Kier molecular flexibility index (Phi) is 4.07. The summed E-state index contributed by atoms with van der Waals surface area (Å²) in [5.74, 6) is 0. The smallest absolute Gasteiger partial charge is 0.314 e. The van der Waals surface area contributed by atoms with E-state index in [1.165, 1.54) is 16.5 Å². The van der Waals surface area contributed by atoms with Gasteiger partial charge >= 0.3 is 6.03 Å². The number of carbonyl (C=O) groups is 1. The van der Waals surface area contributed by atoms with Gasteiger partial charge in [0.05, 0.1) is 6.61 Å². The SMILES string of the molecule is Cc1cccc2[nH]cc(CCNC(=O)NCC3(CO)CC3)c12. The number of urea groups is 1. The molecule has 1 aromatic carbocycles. The summed E-state index contributed by atoms with van der Waals surface area (Å²) >= 11 is 0. The van der Waals surface area contributed by atoms with Crippen molar-refractivity contribution < 1.29 is 9.90 Å². The summed E-state index contributed by atoms with van der Waals surface area (Å²) in [7, 11) is 0. The van der Waals surface area contributed by atoms with Gasteiger partial charge in [0.1, 0.15) is 0 Å². The number of nitrogens with one attached hydrogen (secondary N) is 3. The number of amides is 2. The van der Waals surface area contributed by atoms with Crippen LogP contribution >= 0.6 is 0 Å². The van der Waals surface area contributed by atoms with E-state index < -0.39 is 0 Å². The van der Waals surface area contributed by atoms with Gasteiger partial charge in [-0.05, 0) is 43.4 Å². The molecule has 2 amide bonds. The van der Waals surface area contributed by atoms with Crippen molar-refractivity contribution in [2.75, 3.05) is 19.7 Å². The first kappa shape index (κ1) is 14.9. The van der Waals surface area contributed by atoms with Crippen molar-refractivity contribution in [2.24, 2.45) is 5.41 Å². The molecular formula is C17H23N3O2. The third kappa shape index (κ3) is 3.09. The van der Waals surface area contributed by atoms with Crippen molar-refractivity contribution in [2.45, 2.75) is 26.2 Å². The van der Waals surface area contributed by atoms with Gasteiger partial charge in [0.2, 0.25) is 0 Å². The normalized spacial score (nSPS) is 15.7. The maximum atomic E-state index is 11.8. The van der Waals surface area contributed by atoms with E-state index in [4.69, 9.17) is 0 Å². The van der Waals surface area contributed by atoms with Gasteiger partial charge in [0, 0.05) is 35.6 Å². The Morgan fingerprint density at radius 3 is 2.91 bits per heavy atom. The lowest BCUT2D eigenvalue weighted by Crippen LogP contribution is -2.40. The van der Waals surface area contributed by atoms with Gasteiger partial charge in [-0.2, -0.15) is 0 Å². The highest BCUT2D eigenvalue weighted by atomic mass is 16.3. The highest BCUT2D eigenvalue weighted by Gasteiger charge is 2.42. The maximum absolute atomic E-state index is 11.8. The first-order valence-corrected chi connectivity index (χ1v) is 7.82. The number of aromatic amines is 1. The van der Waals surface area contributed by atoms with E-state index >= 15 is 0 Å². The van der Waals surface area contributed by atoms with Gasteiger partial charge in [-0.25, -0.2) is 4.79 Å². The number of hydrogen-bond donors (Lipinski definition) is 4. The van der Waals surface area contributed by atoms with Crippen LogP contribution in [0.4, 0.5) is 4.79 Å². The molecule has 1 saturated carbocycles. The third-order valence-electron chi connectivity index (χ3n) is 4.59. The molecule has 0 unspecified atom stereocenters. The Labute approximate surface area is 130 Å². The first-order chi connectivity index (χ1) is 10.6. The molecular weight excluding hydrogens is 278 g/mol. The first-order valence-electron chi connectivity index (χ1n) is 7.82. The number of rotatable bonds is 6. The van der Waals surface area contributed by atoms with E-state index in [1.54, 1.807) is 0 Å². The molecule has 1 fully saturated rings. The second-order valence-corrected chi connectivity index (χ2v) is 6.33. The Morgan fingerprint density at radius 2 is 2.18 bits per heavy atom. The summed E-state index contributed by atoms with van der Waals surface area (Å²) in [5, 5.41) is 16.2. The van der Waals surface area contributed by atoms with Gasteiger partial charge in [0.25, 0.3) is 0 Å². The lowest BCUT2D eigenvalue weighted by atomic mass is 10.1. The molecule has 0 atom stereocenters. The topological polar surface area (TPSA) is 77.2 Å². The van der Waals surface area contributed by atoms with Gasteiger partial charge < -0.3 is 20.7 Å². The van der Waals surface area contributed by atoms with Gasteiger partial charge in [-0.1, -0.05) is 12.1 Å². The molecule has 0 spiro atoms. The van der Waals surface area contributed by atoms with Crippen LogP contribution < -0.4 is 10.6 Å². The standard InChI is InChI=1S/C17H23N3O2/c1-12-3-2-4-14-15(12)13(9-19-14)5-8-18-16(22)20-10-17(11-21)6-7-17/h2-4,9,19,21H,5-8,10-11H2,1H3,(H2,18,20,22). The summed E-state index contributed by atoms with van der Waals surface area (Å²) in [6.07, 6.45) is 4.81. The minimum Gasteiger partial charge on any atom is -0.396 e. The molecule has 0 bridgehead atoms. The minimum atomic E-state index is -0.156. The van der Waals surface area contributed by atoms with Crippen LogP contribution in [0.2, 0.25) is 0 Å². The van der Waals surface area contributed by atoms with Crippen molar-refractivity contribution in [3.63, 3.8) is 0 Å². The van der Waals surface area contributed by atoms with Gasteiger partial charge in [0.15, 0.2) is 0 Å². The number of aliphatic hydroxyl groups excluding tert-OH is 1. The molecule has 0 aliphatic heterocycles. The molecule has 1 aromatic heterocycles. The maximum Gasteiger partial charge on any atom is 0.314 e. The Morgan fingerprint density at radius 1 is 1.36 bits per heavy atom. The van der Waals surface area contributed by atoms with Gasteiger partial charge in [-0.3, -0.25) is 0 Å². The predicted octanol–water partition coefficient (Wildman–Crippen LogP) is 2.09. The fourth-order valence-electron chi connectivity index (χ4n) is 2.86. The molecule has 1 aliphatic rings. The predicted molar refractivity (Wildman–Crippen MR) is 86.9 cm³/mol. The van der Waals surface area contributed by atoms with E-state index in [0.717, 1.165) is 24.8 Å². The summed E-state index contributed by atoms with van der Waals surface area (Å²) in [4.78, 5) is 15.1. The molecule has 4 N–H and O–H groups in total. The molecule has 3 rings (SSSR count). The molecule has 5 heteroatoms. The number of carbonyl (C=O) groups excluding carboxylic acids is 1. The third-order valence-corrected chi connectivity index (χ3v) is 4.59. The van der Waals surface area contributed by atoms with E-state index in [9.17, 15) is 9.90 Å². The summed E-state index contributed by atoms with van der Waals surface area (Å²) in [6.45, 7) is 3.41. The lowest BCUT2D eigenvalue weighted by molar-refractivity contribution is 0.203. The number of aliphatic hydroxyl groups is 1. The average molecular weight is 301 g/mol. The average Bonchev–Trinajstić information content (AvgIpc) is 3.19. The fourth-order valence-corrected chi connectivity index (χ4v) is 2.86. The van der Waals surface area contributed by atoms with Crippen LogP contribution in [0.1, 0.15) is 24.0 Å². The summed E-state index contributed by atoms with van der Waals surface area (Å²) in [6, 6.07) is 6.05. The second-order valence-electron chi connectivity index (χ2n) is 6.33. The van der Waals surface area contributed by atoms with Crippen LogP contribution in [0.5, 0.6) is 0 Å². The molecule has 2 aromatic rings. The number of H-pyrrole nitrogens is 1. The van der Waals surface area contributed by atoms with E-state index in [1.807, 2.05) is 12.3 Å². The number of aryl methyl sites for hydroxylation is 1. The number of benzene rings is 1. The van der Waals surface area contributed by atoms with Crippen molar-refractivity contribution in [1.29, 1.82) is 0 Å². The molecule has 0 saturated heterocycles. The van der Waals surface area contributed by atoms with Crippen LogP contribution in [0.25, 0.3) is 10.9 Å². The monoisotopic (exact) mass is 301 g/mol. The summed E-state index contributed by atoms with van der Waals surface area (Å²) < 4.78 is 0. The minimum absolute atomic E-state index is 0.0503. The highest BCUT2D eigenvalue weighted by Crippen LogP contribution is 2.44. The largest absolute Gasteiger partial charge is 0.396 e. The second kappa shape index (κ2) is 6.01. The zero-order chi connectivity index (χ0) is 15.6. The zero-order valence-electron chi connectivity index (χ0n) is 12.9. The van der Waals surface area contributed by atoms with E-state index in [0.29, 0.717) is 13.1 Å². The Bertz CT molecular complexity index is 674. The molecule has 5 nitrogen and oxygen atoms in total.